The molecule has 1 amide bonds. The summed E-state index contributed by atoms with van der Waals surface area (Å²) in [4.78, 5) is 24.5. The summed E-state index contributed by atoms with van der Waals surface area (Å²) in [5.74, 6) is 0.463. The molecule has 0 aliphatic rings. The first kappa shape index (κ1) is 18.0. The number of ether oxygens (including phenoxy) is 2. The van der Waals surface area contributed by atoms with E-state index in [9.17, 15) is 9.59 Å². The van der Waals surface area contributed by atoms with Crippen molar-refractivity contribution in [2.75, 3.05) is 7.11 Å². The van der Waals surface area contributed by atoms with E-state index in [0.717, 1.165) is 6.42 Å². The summed E-state index contributed by atoms with van der Waals surface area (Å²) in [6.07, 6.45) is 0.744. The van der Waals surface area contributed by atoms with Crippen LogP contribution in [0.2, 0.25) is 0 Å². The van der Waals surface area contributed by atoms with Gasteiger partial charge in [-0.25, -0.2) is 4.79 Å². The maximum absolute atomic E-state index is 12.6. The number of hydrogen-bond acceptors (Lipinski definition) is 4. The molecule has 0 bridgehead atoms. The Balaban J connectivity index is 2.85. The van der Waals surface area contributed by atoms with Crippen molar-refractivity contribution in [3.63, 3.8) is 0 Å². The minimum atomic E-state index is -0.605. The largest absolute Gasteiger partial charge is 0.497 e. The first-order valence-corrected chi connectivity index (χ1v) is 7.44. The van der Waals surface area contributed by atoms with Crippen molar-refractivity contribution >= 4 is 11.9 Å². The number of Topliss-reactive ketones (excluding diaryl/α,β-unsaturated/α-hetero) is 1. The van der Waals surface area contributed by atoms with Crippen molar-refractivity contribution < 1.29 is 19.1 Å². The number of ketones is 1. The predicted octanol–water partition coefficient (Wildman–Crippen LogP) is 3.57. The lowest BCUT2D eigenvalue weighted by molar-refractivity contribution is 0.0488. The van der Waals surface area contributed by atoms with E-state index in [1.165, 1.54) is 0 Å². The van der Waals surface area contributed by atoms with Crippen LogP contribution in [0.1, 0.15) is 50.9 Å². The fourth-order valence-corrected chi connectivity index (χ4v) is 1.98. The third-order valence-electron chi connectivity index (χ3n) is 2.94. The van der Waals surface area contributed by atoms with Crippen molar-refractivity contribution in [3.8, 4) is 5.75 Å². The number of benzene rings is 1. The van der Waals surface area contributed by atoms with Gasteiger partial charge in [0.1, 0.15) is 11.4 Å². The number of carbonyl (C=O) groups is 2. The maximum Gasteiger partial charge on any atom is 0.408 e. The van der Waals surface area contributed by atoms with Gasteiger partial charge in [-0.2, -0.15) is 0 Å². The topological polar surface area (TPSA) is 64.6 Å². The normalized spacial score (nSPS) is 12.4. The van der Waals surface area contributed by atoms with Gasteiger partial charge >= 0.3 is 6.09 Å². The number of carbonyl (C=O) groups excluding carboxylic acids is 2. The average Bonchev–Trinajstić information content (AvgIpc) is 2.44. The van der Waals surface area contributed by atoms with Crippen LogP contribution in [0.25, 0.3) is 0 Å². The molecule has 1 aromatic carbocycles. The van der Waals surface area contributed by atoms with Gasteiger partial charge in [-0.05, 0) is 39.3 Å². The molecule has 1 rings (SSSR count). The Kier molecular flexibility index (Phi) is 6.40. The molecular weight excluding hydrogens is 282 g/mol. The third kappa shape index (κ3) is 5.76. The summed E-state index contributed by atoms with van der Waals surface area (Å²) in [5, 5.41) is 2.66. The molecule has 22 heavy (non-hydrogen) atoms. The molecule has 0 fully saturated rings. The molecule has 5 nitrogen and oxygen atoms in total. The van der Waals surface area contributed by atoms with Crippen LogP contribution in [0, 0.1) is 0 Å². The third-order valence-corrected chi connectivity index (χ3v) is 2.94. The Morgan fingerprint density at radius 3 is 2.50 bits per heavy atom. The molecule has 0 aliphatic heterocycles. The highest BCUT2D eigenvalue weighted by Gasteiger charge is 2.24. The van der Waals surface area contributed by atoms with Gasteiger partial charge in [-0.15, -0.1) is 0 Å². The number of rotatable bonds is 6. The zero-order valence-corrected chi connectivity index (χ0v) is 13.9. The van der Waals surface area contributed by atoms with Crippen molar-refractivity contribution in [1.29, 1.82) is 0 Å². The van der Waals surface area contributed by atoms with E-state index in [1.807, 2.05) is 6.92 Å². The fraction of sp³-hybridized carbons (Fsp3) is 0.529. The lowest BCUT2D eigenvalue weighted by atomic mass is 10.0. The van der Waals surface area contributed by atoms with E-state index < -0.39 is 17.7 Å². The minimum Gasteiger partial charge on any atom is -0.497 e. The van der Waals surface area contributed by atoms with Crippen molar-refractivity contribution in [2.24, 2.45) is 0 Å². The smallest absolute Gasteiger partial charge is 0.408 e. The van der Waals surface area contributed by atoms with E-state index in [0.29, 0.717) is 17.7 Å². The molecular formula is C17H25NO4. The number of amides is 1. The highest BCUT2D eigenvalue weighted by molar-refractivity contribution is 6.01. The molecule has 5 heteroatoms. The second-order valence-electron chi connectivity index (χ2n) is 6.08. The Hall–Kier alpha value is -2.04. The van der Waals surface area contributed by atoms with Crippen LogP contribution in [-0.4, -0.2) is 30.6 Å². The van der Waals surface area contributed by atoms with Gasteiger partial charge in [0.25, 0.3) is 0 Å². The van der Waals surface area contributed by atoms with Crippen LogP contribution in [-0.2, 0) is 4.74 Å². The van der Waals surface area contributed by atoms with Crippen LogP contribution in [0.15, 0.2) is 24.3 Å². The van der Waals surface area contributed by atoms with E-state index >= 15 is 0 Å². The summed E-state index contributed by atoms with van der Waals surface area (Å²) < 4.78 is 10.3. The molecule has 0 heterocycles. The van der Waals surface area contributed by atoms with Gasteiger partial charge in [0.05, 0.1) is 13.2 Å². The molecule has 1 N–H and O–H groups in total. The van der Waals surface area contributed by atoms with Crippen LogP contribution >= 0.6 is 0 Å². The summed E-state index contributed by atoms with van der Waals surface area (Å²) in [6, 6.07) is 6.30. The number of hydrogen-bond donors (Lipinski definition) is 1. The zero-order valence-electron chi connectivity index (χ0n) is 13.9. The van der Waals surface area contributed by atoms with E-state index in [4.69, 9.17) is 9.47 Å². The molecule has 1 aromatic rings. The second-order valence-corrected chi connectivity index (χ2v) is 6.08. The first-order chi connectivity index (χ1) is 10.3. The second kappa shape index (κ2) is 7.82. The quantitative estimate of drug-likeness (QED) is 0.816. The number of methoxy groups -OCH3 is 1. The summed E-state index contributed by atoms with van der Waals surface area (Å²) >= 11 is 0. The molecule has 0 aromatic heterocycles. The minimum absolute atomic E-state index is 0.147. The van der Waals surface area contributed by atoms with E-state index in [2.05, 4.69) is 5.32 Å². The molecule has 0 saturated heterocycles. The van der Waals surface area contributed by atoms with Crippen LogP contribution < -0.4 is 10.1 Å². The molecule has 0 saturated carbocycles. The van der Waals surface area contributed by atoms with Gasteiger partial charge in [-0.1, -0.05) is 25.5 Å². The van der Waals surface area contributed by atoms with Crippen molar-refractivity contribution in [3.05, 3.63) is 29.8 Å². The Morgan fingerprint density at radius 2 is 1.95 bits per heavy atom. The van der Waals surface area contributed by atoms with Crippen LogP contribution in [0.3, 0.4) is 0 Å². The monoisotopic (exact) mass is 307 g/mol. The van der Waals surface area contributed by atoms with Crippen LogP contribution in [0.5, 0.6) is 5.75 Å². The Labute approximate surface area is 132 Å². The maximum atomic E-state index is 12.6. The van der Waals surface area contributed by atoms with Gasteiger partial charge in [0.2, 0.25) is 0 Å². The lowest BCUT2D eigenvalue weighted by Gasteiger charge is -2.23. The molecule has 0 spiro atoms. The first-order valence-electron chi connectivity index (χ1n) is 7.44. The molecule has 0 radical (unpaired) electrons. The van der Waals surface area contributed by atoms with Gasteiger partial charge in [-0.3, -0.25) is 4.79 Å². The van der Waals surface area contributed by atoms with Gasteiger partial charge in [0.15, 0.2) is 5.78 Å². The Morgan fingerprint density at radius 1 is 1.27 bits per heavy atom. The number of nitrogens with one attached hydrogen (secondary N) is 1. The highest BCUT2D eigenvalue weighted by atomic mass is 16.6. The number of alkyl carbamates (subject to hydrolysis) is 1. The molecule has 122 valence electrons. The SMILES string of the molecule is CCCC(NC(=O)OC(C)(C)C)C(=O)c1cccc(OC)c1. The van der Waals surface area contributed by atoms with Gasteiger partial charge < -0.3 is 14.8 Å². The molecule has 0 aliphatic carbocycles. The molecule has 1 unspecified atom stereocenters. The highest BCUT2D eigenvalue weighted by Crippen LogP contribution is 2.16. The summed E-state index contributed by atoms with van der Waals surface area (Å²) in [7, 11) is 1.55. The Bertz CT molecular complexity index is 520. The summed E-state index contributed by atoms with van der Waals surface area (Å²) in [5.41, 5.74) is -0.0892. The lowest BCUT2D eigenvalue weighted by Crippen LogP contribution is -2.43. The van der Waals surface area contributed by atoms with Crippen molar-refractivity contribution in [1.82, 2.24) is 5.32 Å². The fourth-order valence-electron chi connectivity index (χ4n) is 1.98. The molecule has 1 atom stereocenters. The predicted molar refractivity (Wildman–Crippen MR) is 85.4 cm³/mol. The van der Waals surface area contributed by atoms with Gasteiger partial charge in [0, 0.05) is 5.56 Å². The van der Waals surface area contributed by atoms with Crippen molar-refractivity contribution in [2.45, 2.75) is 52.2 Å². The summed E-state index contributed by atoms with van der Waals surface area (Å²) in [6.45, 7) is 7.31. The van der Waals surface area contributed by atoms with E-state index in [1.54, 1.807) is 52.1 Å². The van der Waals surface area contributed by atoms with Crippen LogP contribution in [0.4, 0.5) is 4.79 Å². The average molecular weight is 307 g/mol. The standard InChI is InChI=1S/C17H25NO4/c1-6-8-14(18-16(20)22-17(2,3)4)15(19)12-9-7-10-13(11-12)21-5/h7,9-11,14H,6,8H2,1-5H3,(H,18,20). The van der Waals surface area contributed by atoms with E-state index in [-0.39, 0.29) is 5.78 Å². The zero-order chi connectivity index (χ0) is 16.8.